The van der Waals surface area contributed by atoms with E-state index < -0.39 is 30.1 Å². The third-order valence-corrected chi connectivity index (χ3v) is 7.79. The van der Waals surface area contributed by atoms with E-state index in [1.807, 2.05) is 24.3 Å². The number of carbonyl (C=O) groups excluding carboxylic acids is 2. The van der Waals surface area contributed by atoms with Gasteiger partial charge in [0.2, 0.25) is 5.91 Å². The lowest BCUT2D eigenvalue weighted by Gasteiger charge is -2.39. The van der Waals surface area contributed by atoms with E-state index in [-0.39, 0.29) is 18.4 Å². The Morgan fingerprint density at radius 2 is 1.66 bits per heavy atom. The van der Waals surface area contributed by atoms with Crippen molar-refractivity contribution in [3.05, 3.63) is 59.7 Å². The average molecular weight is 477 g/mol. The van der Waals surface area contributed by atoms with Gasteiger partial charge in [0, 0.05) is 18.5 Å². The van der Waals surface area contributed by atoms with Gasteiger partial charge in [-0.3, -0.25) is 9.59 Å². The van der Waals surface area contributed by atoms with E-state index in [0.717, 1.165) is 35.1 Å². The summed E-state index contributed by atoms with van der Waals surface area (Å²) in [5, 5.41) is 12.4. The molecule has 2 aromatic carbocycles. The second-order valence-corrected chi connectivity index (χ2v) is 10.1. The lowest BCUT2D eigenvalue weighted by Crippen LogP contribution is -2.56. The monoisotopic (exact) mass is 476 g/mol. The molecule has 1 saturated carbocycles. The van der Waals surface area contributed by atoms with Crippen molar-refractivity contribution in [1.29, 1.82) is 0 Å². The Balaban J connectivity index is 1.26. The molecule has 3 aliphatic rings. The van der Waals surface area contributed by atoms with Gasteiger partial charge in [-0.1, -0.05) is 61.4 Å². The Labute approximate surface area is 205 Å². The van der Waals surface area contributed by atoms with Crippen LogP contribution in [0.4, 0.5) is 4.79 Å². The predicted octanol–water partition coefficient (Wildman–Crippen LogP) is 4.41. The number of fused-ring (bicyclic) bond motifs is 3. The van der Waals surface area contributed by atoms with Crippen molar-refractivity contribution in [2.45, 2.75) is 57.0 Å². The summed E-state index contributed by atoms with van der Waals surface area (Å²) in [5.74, 6) is -1.30. The number of nitrogens with zero attached hydrogens (tertiary/aromatic N) is 1. The molecule has 1 heterocycles. The minimum Gasteiger partial charge on any atom is -0.481 e. The summed E-state index contributed by atoms with van der Waals surface area (Å²) in [7, 11) is 0. The molecule has 0 radical (unpaired) electrons. The van der Waals surface area contributed by atoms with Gasteiger partial charge in [-0.2, -0.15) is 0 Å². The first-order valence-corrected chi connectivity index (χ1v) is 12.6. The minimum absolute atomic E-state index is 0.0517. The van der Waals surface area contributed by atoms with Crippen LogP contribution in [0.1, 0.15) is 56.1 Å². The number of rotatable bonds is 7. The standard InChI is InChI=1S/C28H32N2O5/c1-17-19(27(32)33)11-6-14-30(17)26(31)25(15-18-12-13-18)29-28(34)35-16-24-22-9-4-2-7-20(22)21-8-3-5-10-23(21)24/h2-5,7-10,17-19,24-25H,6,11-16H2,1H3,(H,29,34)(H,32,33)/t17?,19?,25-/m0/s1. The number of hydrogen-bond acceptors (Lipinski definition) is 4. The zero-order valence-electron chi connectivity index (χ0n) is 20.0. The van der Waals surface area contributed by atoms with Gasteiger partial charge in [0.25, 0.3) is 0 Å². The number of alkyl carbamates (subject to hydrolysis) is 1. The molecule has 2 fully saturated rings. The number of carboxylic acids is 1. The number of carboxylic acid groups (broad SMARTS) is 1. The van der Waals surface area contributed by atoms with Gasteiger partial charge in [0.1, 0.15) is 12.6 Å². The van der Waals surface area contributed by atoms with Crippen LogP contribution in [-0.4, -0.2) is 53.2 Å². The van der Waals surface area contributed by atoms with E-state index in [9.17, 15) is 19.5 Å². The van der Waals surface area contributed by atoms with Crippen LogP contribution < -0.4 is 5.32 Å². The number of likely N-dealkylation sites (tertiary alicyclic amines) is 1. The molecule has 0 aromatic heterocycles. The topological polar surface area (TPSA) is 95.9 Å². The SMILES string of the molecule is CC1C(C(=O)O)CCCN1C(=O)[C@H](CC1CC1)NC(=O)OCC1c2ccccc2-c2ccccc21. The Morgan fingerprint density at radius 3 is 2.26 bits per heavy atom. The first-order chi connectivity index (χ1) is 16.9. The number of piperidine rings is 1. The van der Waals surface area contributed by atoms with Gasteiger partial charge < -0.3 is 20.1 Å². The summed E-state index contributed by atoms with van der Waals surface area (Å²) < 4.78 is 5.68. The molecule has 2 amide bonds. The first-order valence-electron chi connectivity index (χ1n) is 12.6. The van der Waals surface area contributed by atoms with Crippen molar-refractivity contribution < 1.29 is 24.2 Å². The lowest BCUT2D eigenvalue weighted by molar-refractivity contribution is -0.149. The van der Waals surface area contributed by atoms with Crippen molar-refractivity contribution in [2.24, 2.45) is 11.8 Å². The first kappa shape index (κ1) is 23.4. The largest absolute Gasteiger partial charge is 0.481 e. The lowest BCUT2D eigenvalue weighted by atomic mass is 9.89. The molecule has 2 N–H and O–H groups in total. The van der Waals surface area contributed by atoms with E-state index in [1.54, 1.807) is 11.8 Å². The third kappa shape index (κ3) is 4.77. The van der Waals surface area contributed by atoms with Crippen molar-refractivity contribution in [2.75, 3.05) is 13.2 Å². The molecular weight excluding hydrogens is 444 g/mol. The van der Waals surface area contributed by atoms with Gasteiger partial charge >= 0.3 is 12.1 Å². The Kier molecular flexibility index (Phi) is 6.50. The summed E-state index contributed by atoms with van der Waals surface area (Å²) in [4.78, 5) is 39.6. The highest BCUT2D eigenvalue weighted by molar-refractivity contribution is 5.87. The number of aliphatic carboxylic acids is 1. The summed E-state index contributed by atoms with van der Waals surface area (Å²) >= 11 is 0. The normalized spacial score (nSPS) is 22.1. The summed E-state index contributed by atoms with van der Waals surface area (Å²) in [6.45, 7) is 2.49. The van der Waals surface area contributed by atoms with E-state index in [1.165, 1.54) is 0 Å². The van der Waals surface area contributed by atoms with Crippen LogP contribution in [0.5, 0.6) is 0 Å². The Hall–Kier alpha value is -3.35. The second kappa shape index (κ2) is 9.72. The molecule has 184 valence electrons. The van der Waals surface area contributed by atoms with Crippen molar-refractivity contribution in [1.82, 2.24) is 10.2 Å². The molecule has 0 bridgehead atoms. The molecule has 2 unspecified atom stereocenters. The summed E-state index contributed by atoms with van der Waals surface area (Å²) in [6.07, 6.45) is 3.25. The zero-order chi connectivity index (χ0) is 24.5. The molecule has 1 saturated heterocycles. The summed E-state index contributed by atoms with van der Waals surface area (Å²) in [5.41, 5.74) is 4.58. The fourth-order valence-corrected chi connectivity index (χ4v) is 5.68. The molecule has 7 heteroatoms. The number of hydrogen-bond donors (Lipinski definition) is 2. The van der Waals surface area contributed by atoms with E-state index in [2.05, 4.69) is 29.6 Å². The number of benzene rings is 2. The Morgan fingerprint density at radius 1 is 1.03 bits per heavy atom. The maximum absolute atomic E-state index is 13.4. The van der Waals surface area contributed by atoms with Gasteiger partial charge in [0.15, 0.2) is 0 Å². The maximum atomic E-state index is 13.4. The molecule has 5 rings (SSSR count). The molecule has 2 aromatic rings. The highest BCUT2D eigenvalue weighted by atomic mass is 16.5. The molecule has 2 aliphatic carbocycles. The van der Waals surface area contributed by atoms with Crippen LogP contribution in [0, 0.1) is 11.8 Å². The smallest absolute Gasteiger partial charge is 0.407 e. The number of nitrogens with one attached hydrogen (secondary N) is 1. The van der Waals surface area contributed by atoms with E-state index in [0.29, 0.717) is 31.7 Å². The molecular formula is C28H32N2O5. The third-order valence-electron chi connectivity index (χ3n) is 7.79. The molecule has 1 aliphatic heterocycles. The second-order valence-electron chi connectivity index (χ2n) is 10.1. The Bertz CT molecular complexity index is 1080. The quantitative estimate of drug-likeness (QED) is 0.617. The minimum atomic E-state index is -0.877. The number of carbonyl (C=O) groups is 3. The van der Waals surface area contributed by atoms with Gasteiger partial charge in [0.05, 0.1) is 5.92 Å². The fourth-order valence-electron chi connectivity index (χ4n) is 5.68. The van der Waals surface area contributed by atoms with E-state index in [4.69, 9.17) is 4.74 Å². The summed E-state index contributed by atoms with van der Waals surface area (Å²) in [6, 6.07) is 15.2. The van der Waals surface area contributed by atoms with Crippen LogP contribution in [-0.2, 0) is 14.3 Å². The van der Waals surface area contributed by atoms with Crippen LogP contribution in [0.3, 0.4) is 0 Å². The molecule has 3 atom stereocenters. The van der Waals surface area contributed by atoms with Crippen molar-refractivity contribution in [3.8, 4) is 11.1 Å². The molecule has 7 nitrogen and oxygen atoms in total. The zero-order valence-corrected chi connectivity index (χ0v) is 20.0. The van der Waals surface area contributed by atoms with Gasteiger partial charge in [-0.15, -0.1) is 0 Å². The number of ether oxygens (including phenoxy) is 1. The van der Waals surface area contributed by atoms with Crippen LogP contribution in [0.2, 0.25) is 0 Å². The molecule has 0 spiro atoms. The van der Waals surface area contributed by atoms with E-state index >= 15 is 0 Å². The van der Waals surface area contributed by atoms with Crippen molar-refractivity contribution in [3.63, 3.8) is 0 Å². The maximum Gasteiger partial charge on any atom is 0.407 e. The van der Waals surface area contributed by atoms with Crippen LogP contribution in [0.15, 0.2) is 48.5 Å². The average Bonchev–Trinajstić information content (AvgIpc) is 3.62. The molecule has 35 heavy (non-hydrogen) atoms. The number of amides is 2. The predicted molar refractivity (Wildman–Crippen MR) is 131 cm³/mol. The van der Waals surface area contributed by atoms with Gasteiger partial charge in [-0.25, -0.2) is 4.79 Å². The van der Waals surface area contributed by atoms with Crippen molar-refractivity contribution >= 4 is 18.0 Å². The highest BCUT2D eigenvalue weighted by Gasteiger charge is 2.40. The fraction of sp³-hybridized carbons (Fsp3) is 0.464. The van der Waals surface area contributed by atoms with Crippen LogP contribution >= 0.6 is 0 Å². The van der Waals surface area contributed by atoms with Gasteiger partial charge in [-0.05, 0) is 54.4 Å². The highest BCUT2D eigenvalue weighted by Crippen LogP contribution is 2.44. The van der Waals surface area contributed by atoms with Crippen LogP contribution in [0.25, 0.3) is 11.1 Å².